The number of aliphatic hydroxyl groups excluding tert-OH is 1. The van der Waals surface area contributed by atoms with Crippen molar-refractivity contribution in [2.45, 2.75) is 25.4 Å². The Kier molecular flexibility index (Phi) is 4.43. The topological polar surface area (TPSA) is 52.6 Å². The van der Waals surface area contributed by atoms with E-state index < -0.39 is 0 Å². The molecule has 2 rings (SSSR count). The number of carbonyl (C=O) groups is 1. The van der Waals surface area contributed by atoms with Crippen molar-refractivity contribution in [2.75, 3.05) is 13.7 Å². The van der Waals surface area contributed by atoms with Crippen LogP contribution in [0.4, 0.5) is 4.79 Å². The second kappa shape index (κ2) is 6.26. The normalized spacial score (nSPS) is 13.4. The molecule has 1 aliphatic rings. The number of nitrogens with one attached hydrogen (secondary N) is 1. The smallest absolute Gasteiger partial charge is 0.317 e. The van der Waals surface area contributed by atoms with Crippen LogP contribution in [0.3, 0.4) is 0 Å². The third-order valence-electron chi connectivity index (χ3n) is 2.98. The molecular weight excluding hydrogens is 240 g/mol. The van der Waals surface area contributed by atoms with Crippen LogP contribution in [-0.2, 0) is 6.54 Å². The van der Waals surface area contributed by atoms with Crippen molar-refractivity contribution in [1.29, 1.82) is 0 Å². The Bertz CT molecular complexity index is 512. The van der Waals surface area contributed by atoms with E-state index in [9.17, 15) is 4.79 Å². The van der Waals surface area contributed by atoms with Gasteiger partial charge in [0.1, 0.15) is 6.61 Å². The van der Waals surface area contributed by atoms with Crippen molar-refractivity contribution < 1.29 is 9.90 Å². The number of amides is 2. The molecule has 2 amide bonds. The van der Waals surface area contributed by atoms with Gasteiger partial charge in [-0.05, 0) is 24.5 Å². The molecule has 100 valence electrons. The molecule has 0 saturated heterocycles. The van der Waals surface area contributed by atoms with Crippen molar-refractivity contribution >= 4 is 6.03 Å². The molecule has 1 saturated carbocycles. The minimum Gasteiger partial charge on any atom is -0.384 e. The number of hydrogen-bond donors (Lipinski definition) is 2. The second-order valence-electron chi connectivity index (χ2n) is 4.70. The van der Waals surface area contributed by atoms with Crippen LogP contribution in [0.25, 0.3) is 0 Å². The molecule has 0 aromatic heterocycles. The Hall–Kier alpha value is -1.99. The van der Waals surface area contributed by atoms with Gasteiger partial charge in [-0.3, -0.25) is 0 Å². The summed E-state index contributed by atoms with van der Waals surface area (Å²) < 4.78 is 0. The maximum atomic E-state index is 11.9. The van der Waals surface area contributed by atoms with Crippen LogP contribution in [0, 0.1) is 11.8 Å². The van der Waals surface area contributed by atoms with E-state index in [-0.39, 0.29) is 12.6 Å². The Balaban J connectivity index is 2.02. The number of rotatable bonds is 3. The number of nitrogens with zero attached hydrogens (tertiary/aromatic N) is 1. The van der Waals surface area contributed by atoms with Gasteiger partial charge in [-0.15, -0.1) is 0 Å². The van der Waals surface area contributed by atoms with Crippen LogP contribution in [0.2, 0.25) is 0 Å². The van der Waals surface area contributed by atoms with Gasteiger partial charge in [-0.25, -0.2) is 4.79 Å². The van der Waals surface area contributed by atoms with Gasteiger partial charge in [0.05, 0.1) is 0 Å². The summed E-state index contributed by atoms with van der Waals surface area (Å²) in [4.78, 5) is 13.5. The van der Waals surface area contributed by atoms with Gasteiger partial charge >= 0.3 is 6.03 Å². The summed E-state index contributed by atoms with van der Waals surface area (Å²) in [5.41, 5.74) is 1.83. The zero-order chi connectivity index (χ0) is 13.7. The molecule has 2 N–H and O–H groups in total. The molecule has 1 aromatic rings. The van der Waals surface area contributed by atoms with Crippen LogP contribution in [-0.4, -0.2) is 35.7 Å². The summed E-state index contributed by atoms with van der Waals surface area (Å²) in [7, 11) is 1.77. The Morgan fingerprint density at radius 2 is 2.21 bits per heavy atom. The summed E-state index contributed by atoms with van der Waals surface area (Å²) in [6.07, 6.45) is 2.16. The summed E-state index contributed by atoms with van der Waals surface area (Å²) in [6, 6.07) is 7.97. The summed E-state index contributed by atoms with van der Waals surface area (Å²) >= 11 is 0. The molecule has 1 aromatic carbocycles. The maximum Gasteiger partial charge on any atom is 0.317 e. The molecule has 4 heteroatoms. The molecule has 0 spiro atoms. The minimum atomic E-state index is -0.160. The van der Waals surface area contributed by atoms with Gasteiger partial charge < -0.3 is 15.3 Å². The van der Waals surface area contributed by atoms with E-state index in [0.29, 0.717) is 12.6 Å². The molecule has 4 nitrogen and oxygen atoms in total. The number of aliphatic hydroxyl groups is 1. The Morgan fingerprint density at radius 3 is 2.89 bits per heavy atom. The molecular formula is C15H18N2O2. The number of benzene rings is 1. The lowest BCUT2D eigenvalue weighted by Crippen LogP contribution is -2.38. The highest BCUT2D eigenvalue weighted by molar-refractivity contribution is 5.74. The molecule has 0 aliphatic heterocycles. The van der Waals surface area contributed by atoms with Gasteiger partial charge in [-0.2, -0.15) is 0 Å². The van der Waals surface area contributed by atoms with E-state index in [1.807, 2.05) is 24.3 Å². The van der Waals surface area contributed by atoms with E-state index in [4.69, 9.17) is 5.11 Å². The van der Waals surface area contributed by atoms with Crippen molar-refractivity contribution in [1.82, 2.24) is 10.2 Å². The lowest BCUT2D eigenvalue weighted by atomic mass is 10.1. The first-order chi connectivity index (χ1) is 9.20. The van der Waals surface area contributed by atoms with Gasteiger partial charge in [0.15, 0.2) is 0 Å². The minimum absolute atomic E-state index is 0.0487. The van der Waals surface area contributed by atoms with Crippen molar-refractivity contribution in [3.05, 3.63) is 35.4 Å². The first-order valence-corrected chi connectivity index (χ1v) is 6.40. The zero-order valence-corrected chi connectivity index (χ0v) is 11.0. The highest BCUT2D eigenvalue weighted by atomic mass is 16.2. The summed E-state index contributed by atoms with van der Waals surface area (Å²) in [5.74, 6) is 5.54. The van der Waals surface area contributed by atoms with E-state index in [2.05, 4.69) is 17.2 Å². The van der Waals surface area contributed by atoms with Crippen molar-refractivity contribution in [3.8, 4) is 11.8 Å². The summed E-state index contributed by atoms with van der Waals surface area (Å²) in [6.45, 7) is 0.348. The SMILES string of the molecule is CN(Cc1ccccc1C#CCO)C(=O)NC1CC1. The lowest BCUT2D eigenvalue weighted by molar-refractivity contribution is 0.206. The zero-order valence-electron chi connectivity index (χ0n) is 11.0. The molecule has 19 heavy (non-hydrogen) atoms. The van der Waals surface area contributed by atoms with E-state index in [0.717, 1.165) is 24.0 Å². The van der Waals surface area contributed by atoms with Gasteiger partial charge in [0.25, 0.3) is 0 Å². The summed E-state index contributed by atoms with van der Waals surface area (Å²) in [5, 5.41) is 11.7. The fourth-order valence-corrected chi connectivity index (χ4v) is 1.75. The third kappa shape index (κ3) is 4.01. The van der Waals surface area contributed by atoms with E-state index in [1.165, 1.54) is 0 Å². The van der Waals surface area contributed by atoms with Crippen LogP contribution in [0.1, 0.15) is 24.0 Å². The molecule has 0 unspecified atom stereocenters. The number of urea groups is 1. The predicted molar refractivity (Wildman–Crippen MR) is 73.4 cm³/mol. The van der Waals surface area contributed by atoms with Crippen LogP contribution in [0.5, 0.6) is 0 Å². The largest absolute Gasteiger partial charge is 0.384 e. The molecule has 0 bridgehead atoms. The van der Waals surface area contributed by atoms with Gasteiger partial charge in [-0.1, -0.05) is 30.0 Å². The fraction of sp³-hybridized carbons (Fsp3) is 0.400. The first-order valence-electron chi connectivity index (χ1n) is 6.40. The average molecular weight is 258 g/mol. The lowest BCUT2D eigenvalue weighted by Gasteiger charge is -2.18. The molecule has 1 fully saturated rings. The van der Waals surface area contributed by atoms with Crippen LogP contribution in [0.15, 0.2) is 24.3 Å². The molecule has 0 atom stereocenters. The quantitative estimate of drug-likeness (QED) is 0.804. The Morgan fingerprint density at radius 1 is 1.47 bits per heavy atom. The number of carbonyl (C=O) groups excluding carboxylic acids is 1. The molecule has 0 radical (unpaired) electrons. The average Bonchev–Trinajstić information content (AvgIpc) is 3.21. The third-order valence-corrected chi connectivity index (χ3v) is 2.98. The van der Waals surface area contributed by atoms with Crippen molar-refractivity contribution in [2.24, 2.45) is 0 Å². The molecule has 1 aliphatic carbocycles. The highest BCUT2D eigenvalue weighted by Gasteiger charge is 2.24. The van der Waals surface area contributed by atoms with Crippen LogP contribution < -0.4 is 5.32 Å². The van der Waals surface area contributed by atoms with Crippen molar-refractivity contribution in [3.63, 3.8) is 0 Å². The van der Waals surface area contributed by atoms with Crippen LogP contribution >= 0.6 is 0 Å². The van der Waals surface area contributed by atoms with Gasteiger partial charge in [0, 0.05) is 25.2 Å². The first kappa shape index (κ1) is 13.4. The standard InChI is InChI=1S/C15H18N2O2/c1-17(15(19)16-14-8-9-14)11-13-6-3-2-5-12(13)7-4-10-18/h2-3,5-6,14,18H,8-11H2,1H3,(H,16,19). The predicted octanol–water partition coefficient (Wildman–Crippen LogP) is 1.33. The van der Waals surface area contributed by atoms with E-state index >= 15 is 0 Å². The monoisotopic (exact) mass is 258 g/mol. The second-order valence-corrected chi connectivity index (χ2v) is 4.70. The maximum absolute atomic E-state index is 11.9. The highest BCUT2D eigenvalue weighted by Crippen LogP contribution is 2.19. The number of hydrogen-bond acceptors (Lipinski definition) is 2. The molecule has 0 heterocycles. The van der Waals surface area contributed by atoms with E-state index in [1.54, 1.807) is 11.9 Å². The Labute approximate surface area is 113 Å². The van der Waals surface area contributed by atoms with Gasteiger partial charge in [0.2, 0.25) is 0 Å². The fourth-order valence-electron chi connectivity index (χ4n) is 1.75.